The summed E-state index contributed by atoms with van der Waals surface area (Å²) in [4.78, 5) is 18.3. The number of rotatable bonds is 7. The van der Waals surface area contributed by atoms with Crippen molar-refractivity contribution in [1.29, 1.82) is 0 Å². The van der Waals surface area contributed by atoms with E-state index in [0.717, 1.165) is 61.3 Å². The molecule has 4 rings (SSSR count). The highest BCUT2D eigenvalue weighted by molar-refractivity contribution is 5.40. The lowest BCUT2D eigenvalue weighted by Gasteiger charge is -2.40. The second-order valence-electron chi connectivity index (χ2n) is 9.19. The van der Waals surface area contributed by atoms with E-state index in [9.17, 15) is 0 Å². The first kappa shape index (κ1) is 22.2. The zero-order valence-corrected chi connectivity index (χ0v) is 19.6. The van der Waals surface area contributed by atoms with E-state index < -0.39 is 0 Å². The number of nitrogens with zero attached hydrogens (tertiary/aromatic N) is 5. The molecule has 32 heavy (non-hydrogen) atoms. The molecule has 1 aromatic carbocycles. The lowest BCUT2D eigenvalue weighted by Crippen LogP contribution is -2.44. The maximum atomic E-state index is 5.98. The quantitative estimate of drug-likeness (QED) is 0.553. The van der Waals surface area contributed by atoms with Gasteiger partial charge >= 0.3 is 0 Å². The third kappa shape index (κ3) is 5.43. The molecule has 1 aliphatic heterocycles. The zero-order chi connectivity index (χ0) is 22.6. The van der Waals surface area contributed by atoms with Crippen LogP contribution in [-0.2, 0) is 18.6 Å². The van der Waals surface area contributed by atoms with Crippen molar-refractivity contribution >= 4 is 5.82 Å². The SMILES string of the molecule is Cc1nc(N(C)C)cc(C2(C)CCCN(Cc3cccc(OCc4ccccn4)c3)C2)n1. The van der Waals surface area contributed by atoms with Crippen molar-refractivity contribution in [3.8, 4) is 5.75 Å². The van der Waals surface area contributed by atoms with Crippen molar-refractivity contribution in [1.82, 2.24) is 19.9 Å². The molecule has 0 N–H and O–H groups in total. The van der Waals surface area contributed by atoms with Crippen molar-refractivity contribution in [2.45, 2.75) is 45.3 Å². The predicted octanol–water partition coefficient (Wildman–Crippen LogP) is 4.38. The molecule has 6 heteroatoms. The summed E-state index contributed by atoms with van der Waals surface area (Å²) in [5.74, 6) is 2.70. The Morgan fingerprint density at radius 1 is 1.09 bits per heavy atom. The summed E-state index contributed by atoms with van der Waals surface area (Å²) in [6.45, 7) is 7.78. The van der Waals surface area contributed by atoms with Gasteiger partial charge in [0, 0.05) is 44.9 Å². The Morgan fingerprint density at radius 3 is 2.75 bits per heavy atom. The first-order chi connectivity index (χ1) is 15.4. The van der Waals surface area contributed by atoms with Gasteiger partial charge in [-0.3, -0.25) is 9.88 Å². The van der Waals surface area contributed by atoms with E-state index in [1.807, 2.05) is 45.3 Å². The van der Waals surface area contributed by atoms with Crippen LogP contribution in [0.25, 0.3) is 0 Å². The van der Waals surface area contributed by atoms with E-state index in [0.29, 0.717) is 6.61 Å². The van der Waals surface area contributed by atoms with Crippen LogP contribution in [0.1, 0.15) is 42.5 Å². The summed E-state index contributed by atoms with van der Waals surface area (Å²) in [7, 11) is 4.06. The third-order valence-electron chi connectivity index (χ3n) is 6.09. The van der Waals surface area contributed by atoms with E-state index in [4.69, 9.17) is 9.72 Å². The topological polar surface area (TPSA) is 54.4 Å². The van der Waals surface area contributed by atoms with Crippen LogP contribution in [0.3, 0.4) is 0 Å². The molecule has 0 bridgehead atoms. The Kier molecular flexibility index (Phi) is 6.70. The molecule has 1 saturated heterocycles. The predicted molar refractivity (Wildman–Crippen MR) is 128 cm³/mol. The second kappa shape index (κ2) is 9.65. The van der Waals surface area contributed by atoms with Crippen molar-refractivity contribution < 1.29 is 4.74 Å². The fraction of sp³-hybridized carbons (Fsp3) is 0.423. The molecule has 168 valence electrons. The van der Waals surface area contributed by atoms with Crippen molar-refractivity contribution in [3.05, 3.63) is 77.5 Å². The van der Waals surface area contributed by atoms with Crippen LogP contribution in [0.2, 0.25) is 0 Å². The zero-order valence-electron chi connectivity index (χ0n) is 19.6. The normalized spacial score (nSPS) is 19.0. The Labute approximate surface area is 191 Å². The smallest absolute Gasteiger partial charge is 0.132 e. The first-order valence-electron chi connectivity index (χ1n) is 11.3. The summed E-state index contributed by atoms with van der Waals surface area (Å²) in [5, 5.41) is 0. The molecule has 1 unspecified atom stereocenters. The fourth-order valence-corrected chi connectivity index (χ4v) is 4.41. The van der Waals surface area contributed by atoms with Gasteiger partial charge in [0.1, 0.15) is 24.0 Å². The van der Waals surface area contributed by atoms with Crippen LogP contribution in [0.4, 0.5) is 5.82 Å². The molecule has 1 aliphatic rings. The third-order valence-corrected chi connectivity index (χ3v) is 6.09. The standard InChI is InChI=1S/C26H33N5O/c1-20-28-24(16-25(29-20)30(3)4)26(2)12-8-14-31(19-26)17-21-9-7-11-23(15-21)32-18-22-10-5-6-13-27-22/h5-7,9-11,13,15-16H,8,12,14,17-19H2,1-4H3. The molecule has 0 saturated carbocycles. The van der Waals surface area contributed by atoms with Crippen molar-refractivity contribution in [2.24, 2.45) is 0 Å². The largest absolute Gasteiger partial charge is 0.487 e. The number of hydrogen-bond donors (Lipinski definition) is 0. The Morgan fingerprint density at radius 2 is 1.97 bits per heavy atom. The molecule has 6 nitrogen and oxygen atoms in total. The van der Waals surface area contributed by atoms with E-state index in [1.54, 1.807) is 6.20 Å². The fourth-order valence-electron chi connectivity index (χ4n) is 4.41. The van der Waals surface area contributed by atoms with E-state index >= 15 is 0 Å². The minimum Gasteiger partial charge on any atom is -0.487 e. The minimum atomic E-state index is 0.0177. The molecule has 1 fully saturated rings. The number of anilines is 1. The number of aromatic nitrogens is 3. The van der Waals surface area contributed by atoms with Crippen molar-refractivity contribution in [2.75, 3.05) is 32.1 Å². The molecule has 2 aromatic heterocycles. The Hall–Kier alpha value is -2.99. The van der Waals surface area contributed by atoms with E-state index in [1.165, 1.54) is 5.56 Å². The van der Waals surface area contributed by atoms with Gasteiger partial charge in [0.05, 0.1) is 11.4 Å². The summed E-state index contributed by atoms with van der Waals surface area (Å²) in [6, 6.07) is 16.4. The molecule has 0 spiro atoms. The number of piperidine rings is 1. The molecule has 3 heterocycles. The van der Waals surface area contributed by atoms with Gasteiger partial charge in [0.25, 0.3) is 0 Å². The molecule has 0 aliphatic carbocycles. The highest BCUT2D eigenvalue weighted by Crippen LogP contribution is 2.34. The molecular formula is C26H33N5O. The molecule has 0 radical (unpaired) electrons. The number of pyridine rings is 1. The van der Waals surface area contributed by atoms with Gasteiger partial charge in [0.15, 0.2) is 0 Å². The van der Waals surface area contributed by atoms with Gasteiger partial charge < -0.3 is 9.64 Å². The minimum absolute atomic E-state index is 0.0177. The summed E-state index contributed by atoms with van der Waals surface area (Å²) in [6.07, 6.45) is 4.09. The van der Waals surface area contributed by atoms with Crippen LogP contribution in [0.5, 0.6) is 5.75 Å². The number of likely N-dealkylation sites (tertiary alicyclic amines) is 1. The lowest BCUT2D eigenvalue weighted by atomic mass is 9.78. The monoisotopic (exact) mass is 431 g/mol. The van der Waals surface area contributed by atoms with Crippen LogP contribution in [-0.4, -0.2) is 47.0 Å². The molecule has 0 amide bonds. The number of ether oxygens (including phenoxy) is 1. The van der Waals surface area contributed by atoms with E-state index in [2.05, 4.69) is 51.0 Å². The van der Waals surface area contributed by atoms with Gasteiger partial charge in [-0.25, -0.2) is 9.97 Å². The highest BCUT2D eigenvalue weighted by atomic mass is 16.5. The Balaban J connectivity index is 1.44. The number of benzene rings is 1. The molecular weight excluding hydrogens is 398 g/mol. The number of aryl methyl sites for hydroxylation is 1. The summed E-state index contributed by atoms with van der Waals surface area (Å²) >= 11 is 0. The van der Waals surface area contributed by atoms with Gasteiger partial charge in [-0.05, 0) is 56.1 Å². The summed E-state index contributed by atoms with van der Waals surface area (Å²) < 4.78 is 5.98. The Bertz CT molecular complexity index is 1040. The van der Waals surface area contributed by atoms with Crippen LogP contribution >= 0.6 is 0 Å². The average molecular weight is 432 g/mol. The van der Waals surface area contributed by atoms with Gasteiger partial charge in [-0.15, -0.1) is 0 Å². The van der Waals surface area contributed by atoms with E-state index in [-0.39, 0.29) is 5.41 Å². The molecule has 1 atom stereocenters. The lowest BCUT2D eigenvalue weighted by molar-refractivity contribution is 0.147. The van der Waals surface area contributed by atoms with Crippen molar-refractivity contribution in [3.63, 3.8) is 0 Å². The highest BCUT2D eigenvalue weighted by Gasteiger charge is 2.34. The molecule has 3 aromatic rings. The maximum absolute atomic E-state index is 5.98. The maximum Gasteiger partial charge on any atom is 0.132 e. The summed E-state index contributed by atoms with van der Waals surface area (Å²) in [5.41, 5.74) is 3.36. The van der Waals surface area contributed by atoms with Crippen LogP contribution < -0.4 is 9.64 Å². The number of hydrogen-bond acceptors (Lipinski definition) is 6. The van der Waals surface area contributed by atoms with Crippen LogP contribution in [0, 0.1) is 6.92 Å². The second-order valence-corrected chi connectivity index (χ2v) is 9.19. The first-order valence-corrected chi connectivity index (χ1v) is 11.3. The van der Waals surface area contributed by atoms with Crippen LogP contribution in [0.15, 0.2) is 54.7 Å². The average Bonchev–Trinajstić information content (AvgIpc) is 2.78. The van der Waals surface area contributed by atoms with Gasteiger partial charge in [-0.1, -0.05) is 25.1 Å². The van der Waals surface area contributed by atoms with Gasteiger partial charge in [0.2, 0.25) is 0 Å². The van der Waals surface area contributed by atoms with Gasteiger partial charge in [-0.2, -0.15) is 0 Å².